The smallest absolute Gasteiger partial charge is 0.275 e. The lowest BCUT2D eigenvalue weighted by molar-refractivity contribution is -0.385. The third kappa shape index (κ3) is 4.17. The predicted molar refractivity (Wildman–Crippen MR) is 85.5 cm³/mol. The van der Waals surface area contributed by atoms with Crippen molar-refractivity contribution >= 4 is 17.3 Å². The number of halogens is 1. The van der Waals surface area contributed by atoms with Gasteiger partial charge < -0.3 is 5.32 Å². The first-order valence-electron chi connectivity index (χ1n) is 7.65. The molecule has 1 aromatic rings. The van der Waals surface area contributed by atoms with Gasteiger partial charge in [-0.1, -0.05) is 38.3 Å². The molecule has 1 saturated carbocycles. The summed E-state index contributed by atoms with van der Waals surface area (Å²) in [6, 6.07) is 5.35. The van der Waals surface area contributed by atoms with Crippen molar-refractivity contribution in [2.45, 2.75) is 52.1 Å². The topological polar surface area (TPSA) is 55.2 Å². The molecule has 1 fully saturated rings. The molecule has 4 nitrogen and oxygen atoms in total. The summed E-state index contributed by atoms with van der Waals surface area (Å²) < 4.78 is 0. The molecule has 0 spiro atoms. The number of nitrogens with zero attached hydrogens (tertiary/aromatic N) is 1. The fraction of sp³-hybridized carbons (Fsp3) is 0.625. The molecule has 0 aromatic heterocycles. The van der Waals surface area contributed by atoms with Gasteiger partial charge in [0.25, 0.3) is 5.69 Å². The molecule has 2 rings (SSSR count). The quantitative estimate of drug-likeness (QED) is 0.641. The monoisotopic (exact) mass is 310 g/mol. The van der Waals surface area contributed by atoms with Crippen LogP contribution >= 0.6 is 11.6 Å². The molecule has 21 heavy (non-hydrogen) atoms. The van der Waals surface area contributed by atoms with Crippen LogP contribution in [0.2, 0.25) is 5.02 Å². The van der Waals surface area contributed by atoms with Crippen molar-refractivity contribution in [3.05, 3.63) is 38.9 Å². The van der Waals surface area contributed by atoms with E-state index in [0.717, 1.165) is 6.42 Å². The van der Waals surface area contributed by atoms with Crippen molar-refractivity contribution in [3.8, 4) is 0 Å². The second-order valence-corrected chi connectivity index (χ2v) is 6.65. The minimum absolute atomic E-state index is 0.104. The Bertz CT molecular complexity index is 505. The Labute approximate surface area is 131 Å². The molecule has 1 aliphatic carbocycles. The largest absolute Gasteiger partial charge is 0.309 e. The Hall–Kier alpha value is -1.13. The van der Waals surface area contributed by atoms with Crippen molar-refractivity contribution in [2.75, 3.05) is 0 Å². The third-order valence-electron chi connectivity index (χ3n) is 4.47. The van der Waals surface area contributed by atoms with Crippen molar-refractivity contribution in [1.29, 1.82) is 0 Å². The van der Waals surface area contributed by atoms with Crippen molar-refractivity contribution in [1.82, 2.24) is 5.32 Å². The van der Waals surface area contributed by atoms with Crippen molar-refractivity contribution in [3.63, 3.8) is 0 Å². The maximum absolute atomic E-state index is 11.1. The summed E-state index contributed by atoms with van der Waals surface area (Å²) in [6.07, 6.45) is 4.94. The van der Waals surface area contributed by atoms with Gasteiger partial charge in [0.15, 0.2) is 0 Å². The van der Waals surface area contributed by atoms with Crippen LogP contribution in [0.1, 0.15) is 45.1 Å². The summed E-state index contributed by atoms with van der Waals surface area (Å²) in [5, 5.41) is 15.1. The highest BCUT2D eigenvalue weighted by Gasteiger charge is 2.27. The van der Waals surface area contributed by atoms with Crippen LogP contribution in [0.5, 0.6) is 0 Å². The van der Waals surface area contributed by atoms with Crippen LogP contribution in [-0.4, -0.2) is 11.0 Å². The van der Waals surface area contributed by atoms with Crippen molar-refractivity contribution in [2.24, 2.45) is 11.8 Å². The Balaban J connectivity index is 2.06. The van der Waals surface area contributed by atoms with Crippen LogP contribution in [-0.2, 0) is 6.54 Å². The summed E-state index contributed by atoms with van der Waals surface area (Å²) in [5.41, 5.74) is 0.810. The van der Waals surface area contributed by atoms with Gasteiger partial charge in [-0.05, 0) is 36.8 Å². The third-order valence-corrected chi connectivity index (χ3v) is 4.71. The summed E-state index contributed by atoms with van der Waals surface area (Å²) in [6.45, 7) is 5.05. The molecule has 2 atom stereocenters. The van der Waals surface area contributed by atoms with Gasteiger partial charge in [-0.15, -0.1) is 0 Å². The summed E-state index contributed by atoms with van der Waals surface area (Å²) in [5.74, 6) is 1.30. The molecular formula is C16H23ClN2O2. The molecule has 5 heteroatoms. The van der Waals surface area contributed by atoms with Crippen molar-refractivity contribution < 1.29 is 4.92 Å². The first-order chi connectivity index (χ1) is 9.99. The normalized spacial score (nSPS) is 22.5. The van der Waals surface area contributed by atoms with E-state index in [9.17, 15) is 10.1 Å². The lowest BCUT2D eigenvalue weighted by Gasteiger charge is -2.35. The van der Waals surface area contributed by atoms with Gasteiger partial charge in [0.2, 0.25) is 0 Å². The average molecular weight is 311 g/mol. The van der Waals surface area contributed by atoms with Gasteiger partial charge in [-0.3, -0.25) is 10.1 Å². The molecule has 1 N–H and O–H groups in total. The van der Waals surface area contributed by atoms with Crippen LogP contribution < -0.4 is 5.32 Å². The van der Waals surface area contributed by atoms with Crippen LogP contribution in [0.15, 0.2) is 18.2 Å². The molecule has 0 radical (unpaired) electrons. The summed E-state index contributed by atoms with van der Waals surface area (Å²) >= 11 is 5.85. The second-order valence-electron chi connectivity index (χ2n) is 6.21. The number of hydrogen-bond donors (Lipinski definition) is 1. The van der Waals surface area contributed by atoms with Crippen LogP contribution in [0.4, 0.5) is 5.69 Å². The molecule has 1 aromatic carbocycles. The zero-order valence-electron chi connectivity index (χ0n) is 12.6. The average Bonchev–Trinajstić information content (AvgIpc) is 2.46. The predicted octanol–water partition coefficient (Wildman–Crippen LogP) is 4.55. The van der Waals surface area contributed by atoms with Crippen LogP contribution in [0, 0.1) is 22.0 Å². The lowest BCUT2D eigenvalue weighted by atomic mass is 9.78. The molecule has 0 saturated heterocycles. The fourth-order valence-corrected chi connectivity index (χ4v) is 3.47. The summed E-state index contributed by atoms with van der Waals surface area (Å²) in [4.78, 5) is 10.8. The van der Waals surface area contributed by atoms with Gasteiger partial charge in [-0.2, -0.15) is 0 Å². The first kappa shape index (κ1) is 16.2. The standard InChI is InChI=1S/C16H23ClN2O2/c1-11(2)14-5-3-4-6-15(14)18-10-12-7-8-13(17)9-16(12)19(20)21/h7-9,11,14-15,18H,3-6,10H2,1-2H3. The molecule has 1 aliphatic rings. The molecule has 0 amide bonds. The lowest BCUT2D eigenvalue weighted by Crippen LogP contribution is -2.40. The van der Waals surface area contributed by atoms with E-state index in [2.05, 4.69) is 19.2 Å². The van der Waals surface area contributed by atoms with E-state index in [1.54, 1.807) is 12.1 Å². The number of nitro benzene ring substituents is 1. The highest BCUT2D eigenvalue weighted by Crippen LogP contribution is 2.31. The molecule has 0 heterocycles. The molecule has 0 bridgehead atoms. The Morgan fingerprint density at radius 2 is 2.10 bits per heavy atom. The Morgan fingerprint density at radius 1 is 1.38 bits per heavy atom. The zero-order valence-corrected chi connectivity index (χ0v) is 13.4. The van der Waals surface area contributed by atoms with E-state index in [0.29, 0.717) is 35.0 Å². The Kier molecular flexibility index (Phi) is 5.59. The molecular weight excluding hydrogens is 288 g/mol. The van der Waals surface area contributed by atoms with Crippen LogP contribution in [0.3, 0.4) is 0 Å². The SMILES string of the molecule is CC(C)C1CCCCC1NCc1ccc(Cl)cc1[N+](=O)[O-]. The first-order valence-corrected chi connectivity index (χ1v) is 8.03. The fourth-order valence-electron chi connectivity index (χ4n) is 3.31. The number of benzene rings is 1. The Morgan fingerprint density at radius 3 is 2.76 bits per heavy atom. The summed E-state index contributed by atoms with van der Waals surface area (Å²) in [7, 11) is 0. The van der Waals surface area contributed by atoms with E-state index < -0.39 is 0 Å². The zero-order chi connectivity index (χ0) is 15.4. The molecule has 0 aliphatic heterocycles. The molecule has 2 unspecified atom stereocenters. The van der Waals surface area contributed by atoms with E-state index in [-0.39, 0.29) is 10.6 Å². The van der Waals surface area contributed by atoms with Gasteiger partial charge in [0, 0.05) is 29.2 Å². The van der Waals surface area contributed by atoms with E-state index in [4.69, 9.17) is 11.6 Å². The minimum Gasteiger partial charge on any atom is -0.309 e. The number of nitrogens with one attached hydrogen (secondary N) is 1. The second kappa shape index (κ2) is 7.23. The van der Waals surface area contributed by atoms with Gasteiger partial charge in [0.1, 0.15) is 0 Å². The number of nitro groups is 1. The van der Waals surface area contributed by atoms with E-state index in [1.807, 2.05) is 0 Å². The maximum Gasteiger partial charge on any atom is 0.275 e. The van der Waals surface area contributed by atoms with Gasteiger partial charge in [0.05, 0.1) is 4.92 Å². The molecule has 116 valence electrons. The minimum atomic E-state index is -0.357. The van der Waals surface area contributed by atoms with Gasteiger partial charge in [-0.25, -0.2) is 0 Å². The van der Waals surface area contributed by atoms with Crippen LogP contribution in [0.25, 0.3) is 0 Å². The van der Waals surface area contributed by atoms with E-state index in [1.165, 1.54) is 25.3 Å². The highest BCUT2D eigenvalue weighted by molar-refractivity contribution is 6.30. The maximum atomic E-state index is 11.1. The number of hydrogen-bond acceptors (Lipinski definition) is 3. The number of rotatable bonds is 5. The van der Waals surface area contributed by atoms with Gasteiger partial charge >= 0.3 is 0 Å². The van der Waals surface area contributed by atoms with E-state index >= 15 is 0 Å². The highest BCUT2D eigenvalue weighted by atomic mass is 35.5.